The molecule has 0 bridgehead atoms. The first-order valence-corrected chi connectivity index (χ1v) is 6.76. The highest BCUT2D eigenvalue weighted by molar-refractivity contribution is 8.15. The molecule has 0 radical (unpaired) electrons. The molecule has 0 aliphatic rings. The third-order valence-electron chi connectivity index (χ3n) is 2.76. The van der Waals surface area contributed by atoms with Crippen molar-refractivity contribution in [2.75, 3.05) is 0 Å². The molecule has 0 fully saturated rings. The summed E-state index contributed by atoms with van der Waals surface area (Å²) in [6.07, 6.45) is -1.96. The zero-order valence-electron chi connectivity index (χ0n) is 11.2. The predicted molar refractivity (Wildman–Crippen MR) is 75.5 cm³/mol. The largest absolute Gasteiger partial charge is 0.479 e. The van der Waals surface area contributed by atoms with E-state index in [4.69, 9.17) is 5.11 Å². The van der Waals surface area contributed by atoms with E-state index in [-0.39, 0.29) is 11.5 Å². The fourth-order valence-electron chi connectivity index (χ4n) is 1.88. The van der Waals surface area contributed by atoms with Gasteiger partial charge in [0, 0.05) is 6.92 Å². The van der Waals surface area contributed by atoms with Gasteiger partial charge in [-0.15, -0.1) is 0 Å². The zero-order valence-corrected chi connectivity index (χ0v) is 12.0. The van der Waals surface area contributed by atoms with Gasteiger partial charge in [0.05, 0.1) is 4.75 Å². The van der Waals surface area contributed by atoms with E-state index in [0.717, 1.165) is 17.3 Å². The molecule has 0 heterocycles. The van der Waals surface area contributed by atoms with Gasteiger partial charge >= 0.3 is 5.97 Å². The van der Waals surface area contributed by atoms with Crippen molar-refractivity contribution in [1.82, 2.24) is 0 Å². The van der Waals surface area contributed by atoms with Gasteiger partial charge in [-0.2, -0.15) is 0 Å². The molecular weight excluding hydrogens is 280 g/mol. The first kappa shape index (κ1) is 16.4. The van der Waals surface area contributed by atoms with E-state index in [1.807, 2.05) is 6.07 Å². The third kappa shape index (κ3) is 4.18. The summed E-state index contributed by atoms with van der Waals surface area (Å²) in [5, 5.41) is 17.9. The number of carboxylic acid groups (broad SMARTS) is 1. The van der Waals surface area contributed by atoms with E-state index in [1.165, 1.54) is 13.8 Å². The van der Waals surface area contributed by atoms with Crippen molar-refractivity contribution in [2.45, 2.75) is 31.1 Å². The second kappa shape index (κ2) is 6.67. The molecule has 0 aromatic heterocycles. The Kier molecular flexibility index (Phi) is 5.47. The molecule has 0 saturated heterocycles. The molecule has 1 aromatic rings. The summed E-state index contributed by atoms with van der Waals surface area (Å²) < 4.78 is -1.31. The number of aliphatic hydroxyl groups is 1. The van der Waals surface area contributed by atoms with Crippen molar-refractivity contribution in [2.24, 2.45) is 0 Å². The monoisotopic (exact) mass is 296 g/mol. The maximum absolute atomic E-state index is 12.1. The van der Waals surface area contributed by atoms with Crippen LogP contribution < -0.4 is 0 Å². The number of aliphatic hydroxyl groups excluding tert-OH is 1. The number of carboxylic acids is 1. The molecule has 0 amide bonds. The van der Waals surface area contributed by atoms with Crippen molar-refractivity contribution in [1.29, 1.82) is 0 Å². The molecule has 0 saturated carbocycles. The number of rotatable bonds is 6. The summed E-state index contributed by atoms with van der Waals surface area (Å²) >= 11 is 0.739. The normalized spacial score (nSPS) is 15.2. The standard InChI is InChI=1S/C14H16O5S/c1-9(15)20-14(2,12(17)11(16)13(18)19)8-10-6-4-3-5-7-10/h3-7,11,16H,8H2,1-2H3,(H,18,19). The van der Waals surface area contributed by atoms with Crippen LogP contribution in [0.1, 0.15) is 19.4 Å². The van der Waals surface area contributed by atoms with Crippen LogP contribution >= 0.6 is 11.8 Å². The maximum Gasteiger partial charge on any atom is 0.340 e. The molecule has 2 unspecified atom stereocenters. The number of carbonyl (C=O) groups excluding carboxylic acids is 2. The smallest absolute Gasteiger partial charge is 0.340 e. The van der Waals surface area contributed by atoms with Crippen LogP contribution in [0.4, 0.5) is 0 Å². The van der Waals surface area contributed by atoms with Gasteiger partial charge in [-0.05, 0) is 18.9 Å². The third-order valence-corrected chi connectivity index (χ3v) is 3.84. The SMILES string of the molecule is CC(=O)SC(C)(Cc1ccccc1)C(=O)C(O)C(=O)O. The van der Waals surface area contributed by atoms with Crippen LogP contribution in [0.3, 0.4) is 0 Å². The lowest BCUT2D eigenvalue weighted by Crippen LogP contribution is -2.45. The molecule has 1 rings (SSSR count). The summed E-state index contributed by atoms with van der Waals surface area (Å²) in [6, 6.07) is 8.93. The average molecular weight is 296 g/mol. The van der Waals surface area contributed by atoms with Gasteiger partial charge in [-0.25, -0.2) is 4.79 Å². The second-order valence-electron chi connectivity index (χ2n) is 4.59. The average Bonchev–Trinajstić information content (AvgIpc) is 2.36. The van der Waals surface area contributed by atoms with Crippen LogP contribution in [0, 0.1) is 0 Å². The van der Waals surface area contributed by atoms with Crippen LogP contribution in [0.5, 0.6) is 0 Å². The van der Waals surface area contributed by atoms with E-state index >= 15 is 0 Å². The molecule has 20 heavy (non-hydrogen) atoms. The van der Waals surface area contributed by atoms with Crippen LogP contribution in [-0.2, 0) is 20.8 Å². The highest BCUT2D eigenvalue weighted by Gasteiger charge is 2.42. The number of aliphatic carboxylic acids is 1. The minimum atomic E-state index is -2.13. The molecule has 2 N–H and O–H groups in total. The highest BCUT2D eigenvalue weighted by Crippen LogP contribution is 2.32. The molecule has 2 atom stereocenters. The van der Waals surface area contributed by atoms with Gasteiger partial charge < -0.3 is 10.2 Å². The van der Waals surface area contributed by atoms with Gasteiger partial charge in [0.1, 0.15) is 0 Å². The first-order chi connectivity index (χ1) is 9.26. The molecule has 0 spiro atoms. The van der Waals surface area contributed by atoms with Crippen molar-refractivity contribution < 1.29 is 24.6 Å². The number of Topliss-reactive ketones (excluding diaryl/α,β-unsaturated/α-hetero) is 1. The lowest BCUT2D eigenvalue weighted by atomic mass is 9.93. The topological polar surface area (TPSA) is 91.7 Å². The molecule has 1 aromatic carbocycles. The van der Waals surface area contributed by atoms with Crippen LogP contribution in [0.2, 0.25) is 0 Å². The van der Waals surface area contributed by atoms with Crippen molar-refractivity contribution in [3.05, 3.63) is 35.9 Å². The fraction of sp³-hybridized carbons (Fsp3) is 0.357. The molecule has 0 aliphatic carbocycles. The Balaban J connectivity index is 3.06. The Hall–Kier alpha value is -1.66. The first-order valence-electron chi connectivity index (χ1n) is 5.95. The number of hydrogen-bond acceptors (Lipinski definition) is 5. The minimum Gasteiger partial charge on any atom is -0.479 e. The summed E-state index contributed by atoms with van der Waals surface area (Å²) in [5.74, 6) is -2.49. The minimum absolute atomic E-state index is 0.168. The summed E-state index contributed by atoms with van der Waals surface area (Å²) in [7, 11) is 0. The van der Waals surface area contributed by atoms with Gasteiger partial charge in [0.2, 0.25) is 6.10 Å². The highest BCUT2D eigenvalue weighted by atomic mass is 32.2. The second-order valence-corrected chi connectivity index (χ2v) is 6.27. The van der Waals surface area contributed by atoms with Gasteiger partial charge in [0.25, 0.3) is 0 Å². The van der Waals surface area contributed by atoms with E-state index in [9.17, 15) is 19.5 Å². The van der Waals surface area contributed by atoms with Gasteiger partial charge in [-0.3, -0.25) is 9.59 Å². The molecule has 6 heteroatoms. The molecule has 0 aliphatic heterocycles. The summed E-state index contributed by atoms with van der Waals surface area (Å²) in [6.45, 7) is 2.77. The molecular formula is C14H16O5S. The molecule has 108 valence electrons. The summed E-state index contributed by atoms with van der Waals surface area (Å²) in [4.78, 5) is 34.2. The zero-order chi connectivity index (χ0) is 15.3. The van der Waals surface area contributed by atoms with Crippen molar-refractivity contribution >= 4 is 28.6 Å². The summed E-state index contributed by atoms with van der Waals surface area (Å²) in [5.41, 5.74) is 0.787. The van der Waals surface area contributed by atoms with Crippen LogP contribution in [-0.4, -0.2) is 37.9 Å². The number of ketones is 1. The Labute approximate surface area is 121 Å². The number of hydrogen-bond donors (Lipinski definition) is 2. The lowest BCUT2D eigenvalue weighted by molar-refractivity contribution is -0.152. The quantitative estimate of drug-likeness (QED) is 0.768. The number of benzene rings is 1. The van der Waals surface area contributed by atoms with E-state index in [0.29, 0.717) is 0 Å². The van der Waals surface area contributed by atoms with E-state index in [1.54, 1.807) is 24.3 Å². The number of thioether (sulfide) groups is 1. The van der Waals surface area contributed by atoms with Gasteiger partial charge in [0.15, 0.2) is 10.9 Å². The Morgan fingerprint density at radius 2 is 1.80 bits per heavy atom. The van der Waals surface area contributed by atoms with Crippen molar-refractivity contribution in [3.8, 4) is 0 Å². The van der Waals surface area contributed by atoms with Crippen LogP contribution in [0.15, 0.2) is 30.3 Å². The van der Waals surface area contributed by atoms with E-state index in [2.05, 4.69) is 0 Å². The predicted octanol–water partition coefficient (Wildman–Crippen LogP) is 1.28. The van der Waals surface area contributed by atoms with Crippen LogP contribution in [0.25, 0.3) is 0 Å². The van der Waals surface area contributed by atoms with Gasteiger partial charge in [-0.1, -0.05) is 42.1 Å². The Bertz CT molecular complexity index is 514. The van der Waals surface area contributed by atoms with E-state index < -0.39 is 22.6 Å². The Morgan fingerprint density at radius 1 is 1.25 bits per heavy atom. The maximum atomic E-state index is 12.1. The number of carbonyl (C=O) groups is 3. The molecule has 5 nitrogen and oxygen atoms in total. The van der Waals surface area contributed by atoms with Crippen molar-refractivity contribution in [3.63, 3.8) is 0 Å². The fourth-order valence-corrected chi connectivity index (χ4v) is 2.96. The lowest BCUT2D eigenvalue weighted by Gasteiger charge is -2.27. The Morgan fingerprint density at radius 3 is 2.25 bits per heavy atom.